The van der Waals surface area contributed by atoms with E-state index >= 15 is 0 Å². The lowest BCUT2D eigenvalue weighted by molar-refractivity contribution is 0.596. The molecule has 0 bridgehead atoms. The molecule has 0 radical (unpaired) electrons. The fourth-order valence-electron chi connectivity index (χ4n) is 0.749. The zero-order chi connectivity index (χ0) is 10.3. The standard InChI is InChI=1S/C7H17N3O2S.HI/c1-4-13(11,12)6-5-10-7(8-2)9-3;/h4-6H2,1-3H3,(H2,8,9,10);1H. The minimum Gasteiger partial charge on any atom is -0.359 e. The fraction of sp³-hybridized carbons (Fsp3) is 0.857. The molecule has 0 spiro atoms. The van der Waals surface area contributed by atoms with Gasteiger partial charge in [0.25, 0.3) is 0 Å². The number of halogens is 1. The lowest BCUT2D eigenvalue weighted by Gasteiger charge is -2.07. The van der Waals surface area contributed by atoms with Crippen molar-refractivity contribution in [1.82, 2.24) is 10.6 Å². The number of aliphatic imine (C=N–C) groups is 1. The first-order valence-electron chi connectivity index (χ1n) is 4.14. The average Bonchev–Trinajstić information content (AvgIpc) is 2.12. The number of guanidine groups is 1. The molecule has 0 aliphatic rings. The van der Waals surface area contributed by atoms with E-state index in [2.05, 4.69) is 15.6 Å². The highest BCUT2D eigenvalue weighted by Gasteiger charge is 2.06. The summed E-state index contributed by atoms with van der Waals surface area (Å²) in [5.41, 5.74) is 0. The molecule has 0 aromatic rings. The van der Waals surface area contributed by atoms with Crippen LogP contribution in [0.15, 0.2) is 4.99 Å². The van der Waals surface area contributed by atoms with Gasteiger partial charge in [0.05, 0.1) is 5.75 Å². The highest BCUT2D eigenvalue weighted by molar-refractivity contribution is 14.0. The van der Waals surface area contributed by atoms with Crippen LogP contribution in [0.5, 0.6) is 0 Å². The molecule has 7 heteroatoms. The molecule has 5 nitrogen and oxygen atoms in total. The van der Waals surface area contributed by atoms with Crippen molar-refractivity contribution in [2.45, 2.75) is 6.92 Å². The molecule has 0 rings (SSSR count). The Labute approximate surface area is 103 Å². The summed E-state index contributed by atoms with van der Waals surface area (Å²) in [6.45, 7) is 2.03. The molecule has 0 atom stereocenters. The summed E-state index contributed by atoms with van der Waals surface area (Å²) in [6, 6.07) is 0. The average molecular weight is 335 g/mol. The molecular formula is C7H18IN3O2S. The first-order chi connectivity index (χ1) is 6.05. The van der Waals surface area contributed by atoms with E-state index in [1.165, 1.54) is 0 Å². The van der Waals surface area contributed by atoms with E-state index in [9.17, 15) is 8.42 Å². The van der Waals surface area contributed by atoms with Gasteiger partial charge < -0.3 is 10.6 Å². The van der Waals surface area contributed by atoms with Gasteiger partial charge in [-0.15, -0.1) is 24.0 Å². The Kier molecular flexibility index (Phi) is 9.68. The molecule has 0 heterocycles. The molecule has 0 aromatic heterocycles. The van der Waals surface area contributed by atoms with Crippen molar-refractivity contribution in [2.24, 2.45) is 4.99 Å². The van der Waals surface area contributed by atoms with Gasteiger partial charge in [0.15, 0.2) is 15.8 Å². The van der Waals surface area contributed by atoms with Crippen molar-refractivity contribution >= 4 is 39.8 Å². The van der Waals surface area contributed by atoms with Gasteiger partial charge in [0.1, 0.15) is 0 Å². The van der Waals surface area contributed by atoms with Crippen LogP contribution in [0.1, 0.15) is 6.92 Å². The van der Waals surface area contributed by atoms with Crippen LogP contribution in [0.2, 0.25) is 0 Å². The lowest BCUT2D eigenvalue weighted by atomic mass is 10.7. The van der Waals surface area contributed by atoms with E-state index in [1.807, 2.05) is 0 Å². The van der Waals surface area contributed by atoms with Crippen molar-refractivity contribution in [2.75, 3.05) is 32.1 Å². The van der Waals surface area contributed by atoms with Crippen molar-refractivity contribution in [1.29, 1.82) is 0 Å². The zero-order valence-corrected chi connectivity index (χ0v) is 11.8. The molecule has 0 fully saturated rings. The number of sulfone groups is 1. The zero-order valence-electron chi connectivity index (χ0n) is 8.70. The van der Waals surface area contributed by atoms with Crippen LogP contribution in [0, 0.1) is 0 Å². The van der Waals surface area contributed by atoms with E-state index < -0.39 is 9.84 Å². The second-order valence-corrected chi connectivity index (χ2v) is 4.96. The van der Waals surface area contributed by atoms with E-state index in [4.69, 9.17) is 0 Å². The smallest absolute Gasteiger partial charge is 0.190 e. The predicted molar refractivity (Wildman–Crippen MR) is 70.2 cm³/mol. The van der Waals surface area contributed by atoms with E-state index in [1.54, 1.807) is 21.0 Å². The third-order valence-electron chi connectivity index (χ3n) is 1.61. The highest BCUT2D eigenvalue weighted by atomic mass is 127. The van der Waals surface area contributed by atoms with Crippen LogP contribution < -0.4 is 10.6 Å². The summed E-state index contributed by atoms with van der Waals surface area (Å²) in [7, 11) is 0.481. The maximum Gasteiger partial charge on any atom is 0.190 e. The summed E-state index contributed by atoms with van der Waals surface area (Å²) in [4.78, 5) is 3.85. The number of hydrogen-bond acceptors (Lipinski definition) is 3. The molecule has 0 aromatic carbocycles. The molecule has 2 N–H and O–H groups in total. The number of nitrogens with zero attached hydrogens (tertiary/aromatic N) is 1. The molecule has 0 aliphatic carbocycles. The van der Waals surface area contributed by atoms with Crippen molar-refractivity contribution in [3.05, 3.63) is 0 Å². The van der Waals surface area contributed by atoms with Gasteiger partial charge in [0.2, 0.25) is 0 Å². The van der Waals surface area contributed by atoms with E-state index in [-0.39, 0.29) is 35.5 Å². The fourth-order valence-corrected chi connectivity index (χ4v) is 1.45. The van der Waals surface area contributed by atoms with Crippen LogP contribution in [0.25, 0.3) is 0 Å². The number of nitrogens with one attached hydrogen (secondary N) is 2. The van der Waals surface area contributed by atoms with Gasteiger partial charge >= 0.3 is 0 Å². The largest absolute Gasteiger partial charge is 0.359 e. The molecular weight excluding hydrogens is 317 g/mol. The maximum absolute atomic E-state index is 11.1. The van der Waals surface area contributed by atoms with Gasteiger partial charge in [-0.05, 0) is 0 Å². The van der Waals surface area contributed by atoms with Crippen LogP contribution >= 0.6 is 24.0 Å². The van der Waals surface area contributed by atoms with Gasteiger partial charge in [-0.25, -0.2) is 8.42 Å². The topological polar surface area (TPSA) is 70.6 Å². The molecule has 86 valence electrons. The van der Waals surface area contributed by atoms with Crippen LogP contribution in [0.4, 0.5) is 0 Å². The molecule has 0 unspecified atom stereocenters. The van der Waals surface area contributed by atoms with Crippen molar-refractivity contribution < 1.29 is 8.42 Å². The molecule has 0 amide bonds. The van der Waals surface area contributed by atoms with Crippen molar-refractivity contribution in [3.63, 3.8) is 0 Å². The monoisotopic (exact) mass is 335 g/mol. The Hall–Kier alpha value is -0.0500. The van der Waals surface area contributed by atoms with Crippen LogP contribution in [-0.4, -0.2) is 46.5 Å². The summed E-state index contributed by atoms with van der Waals surface area (Å²) in [6.07, 6.45) is 0. The minimum atomic E-state index is -2.88. The third kappa shape index (κ3) is 7.36. The van der Waals surface area contributed by atoms with Crippen LogP contribution in [-0.2, 0) is 9.84 Å². The summed E-state index contributed by atoms with van der Waals surface area (Å²) < 4.78 is 22.1. The second-order valence-electron chi connectivity index (χ2n) is 2.49. The first-order valence-corrected chi connectivity index (χ1v) is 5.96. The Balaban J connectivity index is 0. The Bertz CT molecular complexity index is 264. The highest BCUT2D eigenvalue weighted by Crippen LogP contribution is 1.86. The molecule has 0 saturated carbocycles. The third-order valence-corrected chi connectivity index (χ3v) is 3.31. The Morgan fingerprint density at radius 1 is 1.43 bits per heavy atom. The normalized spacial score (nSPS) is 11.8. The number of hydrogen-bond donors (Lipinski definition) is 2. The van der Waals surface area contributed by atoms with Gasteiger partial charge in [-0.2, -0.15) is 0 Å². The summed E-state index contributed by atoms with van der Waals surface area (Å²) >= 11 is 0. The minimum absolute atomic E-state index is 0. The molecule has 0 aliphatic heterocycles. The Morgan fingerprint density at radius 3 is 2.36 bits per heavy atom. The van der Waals surface area contributed by atoms with E-state index in [0.717, 1.165) is 0 Å². The summed E-state index contributed by atoms with van der Waals surface area (Å²) in [5.74, 6) is 0.933. The predicted octanol–water partition coefficient (Wildman–Crippen LogP) is -0.166. The van der Waals surface area contributed by atoms with E-state index in [0.29, 0.717) is 12.5 Å². The quantitative estimate of drug-likeness (QED) is 0.425. The molecule has 0 saturated heterocycles. The SMILES string of the molecule is CCS(=O)(=O)CCNC(=NC)NC.I. The van der Waals surface area contributed by atoms with Crippen LogP contribution in [0.3, 0.4) is 0 Å². The lowest BCUT2D eigenvalue weighted by Crippen LogP contribution is -2.37. The van der Waals surface area contributed by atoms with Gasteiger partial charge in [-0.1, -0.05) is 6.92 Å². The van der Waals surface area contributed by atoms with Gasteiger partial charge in [0, 0.05) is 26.4 Å². The summed E-state index contributed by atoms with van der Waals surface area (Å²) in [5, 5.41) is 5.67. The van der Waals surface area contributed by atoms with Crippen molar-refractivity contribution in [3.8, 4) is 0 Å². The first kappa shape index (κ1) is 16.4. The second kappa shape index (κ2) is 8.27. The number of rotatable bonds is 4. The Morgan fingerprint density at radius 2 is 2.00 bits per heavy atom. The molecule has 14 heavy (non-hydrogen) atoms. The van der Waals surface area contributed by atoms with Gasteiger partial charge in [-0.3, -0.25) is 4.99 Å². The maximum atomic E-state index is 11.1.